The number of benzene rings is 1. The van der Waals surface area contributed by atoms with Gasteiger partial charge in [-0.15, -0.1) is 0 Å². The van der Waals surface area contributed by atoms with E-state index >= 15 is 0 Å². The minimum absolute atomic E-state index is 0.121. The molecule has 7 heteroatoms. The highest BCUT2D eigenvalue weighted by Crippen LogP contribution is 2.32. The van der Waals surface area contributed by atoms with E-state index in [1.165, 1.54) is 24.3 Å². The minimum atomic E-state index is -0.431. The van der Waals surface area contributed by atoms with Gasteiger partial charge in [-0.05, 0) is 24.3 Å². The topological polar surface area (TPSA) is 50.9 Å². The van der Waals surface area contributed by atoms with E-state index in [-0.39, 0.29) is 21.7 Å². The van der Waals surface area contributed by atoms with Crippen LogP contribution in [0.15, 0.2) is 24.3 Å². The van der Waals surface area contributed by atoms with Gasteiger partial charge in [0.25, 0.3) is 0 Å². The lowest BCUT2D eigenvalue weighted by atomic mass is 10.3. The summed E-state index contributed by atoms with van der Waals surface area (Å²) >= 11 is 17.6. The van der Waals surface area contributed by atoms with E-state index in [1.54, 1.807) is 0 Å². The Kier molecular flexibility index (Phi) is 3.80. The summed E-state index contributed by atoms with van der Waals surface area (Å²) in [5, 5.41) is 3.64. The van der Waals surface area contributed by atoms with Crippen molar-refractivity contribution >= 4 is 52.1 Å². The van der Waals surface area contributed by atoms with Gasteiger partial charge in [0.05, 0.1) is 20.8 Å². The molecule has 0 aliphatic rings. The summed E-state index contributed by atoms with van der Waals surface area (Å²) in [5.41, 5.74) is 5.90. The van der Waals surface area contributed by atoms with E-state index in [1.807, 2.05) is 0 Å². The fourth-order valence-corrected chi connectivity index (χ4v) is 1.86. The molecule has 0 saturated heterocycles. The van der Waals surface area contributed by atoms with Gasteiger partial charge in [0.2, 0.25) is 0 Å². The largest absolute Gasteiger partial charge is 0.382 e. The lowest BCUT2D eigenvalue weighted by molar-refractivity contribution is 0.628. The average Bonchev–Trinajstić information content (AvgIpc) is 2.30. The number of pyridine rings is 1. The first-order valence-corrected chi connectivity index (χ1v) is 5.94. The number of hydrogen-bond donors (Lipinski definition) is 2. The molecule has 0 aliphatic heterocycles. The third-order valence-electron chi connectivity index (χ3n) is 2.14. The van der Waals surface area contributed by atoms with E-state index < -0.39 is 5.82 Å². The van der Waals surface area contributed by atoms with Crippen LogP contribution in [0.2, 0.25) is 15.1 Å². The Morgan fingerprint density at radius 2 is 1.78 bits per heavy atom. The van der Waals surface area contributed by atoms with Crippen molar-refractivity contribution in [3.8, 4) is 0 Å². The van der Waals surface area contributed by atoms with Crippen molar-refractivity contribution in [2.75, 3.05) is 11.1 Å². The van der Waals surface area contributed by atoms with Crippen molar-refractivity contribution in [2.45, 2.75) is 0 Å². The first-order chi connectivity index (χ1) is 8.47. The van der Waals surface area contributed by atoms with Crippen LogP contribution in [-0.2, 0) is 0 Å². The Balaban J connectivity index is 2.40. The molecule has 1 heterocycles. The zero-order chi connectivity index (χ0) is 13.3. The summed E-state index contributed by atoms with van der Waals surface area (Å²) in [5.74, 6) is -0.0536. The normalized spacial score (nSPS) is 10.4. The Labute approximate surface area is 118 Å². The molecule has 0 atom stereocenters. The Bertz CT molecular complexity index is 604. The molecule has 2 rings (SSSR count). The molecule has 2 aromatic rings. The quantitative estimate of drug-likeness (QED) is 0.858. The van der Waals surface area contributed by atoms with Crippen molar-refractivity contribution in [1.29, 1.82) is 0 Å². The van der Waals surface area contributed by atoms with Crippen LogP contribution in [0.3, 0.4) is 0 Å². The summed E-state index contributed by atoms with van der Waals surface area (Å²) in [6, 6.07) is 5.34. The van der Waals surface area contributed by atoms with Crippen LogP contribution < -0.4 is 11.1 Å². The molecule has 1 aromatic heterocycles. The van der Waals surface area contributed by atoms with E-state index in [0.717, 1.165) is 0 Å². The molecule has 0 spiro atoms. The van der Waals surface area contributed by atoms with Crippen LogP contribution in [0.4, 0.5) is 21.7 Å². The second-order valence-electron chi connectivity index (χ2n) is 3.44. The molecule has 0 bridgehead atoms. The third kappa shape index (κ3) is 2.77. The van der Waals surface area contributed by atoms with Crippen molar-refractivity contribution in [2.24, 2.45) is 0 Å². The van der Waals surface area contributed by atoms with Crippen LogP contribution in [0.25, 0.3) is 0 Å². The first kappa shape index (κ1) is 13.2. The van der Waals surface area contributed by atoms with Crippen LogP contribution >= 0.6 is 34.8 Å². The van der Waals surface area contributed by atoms with Crippen LogP contribution in [0.1, 0.15) is 0 Å². The minimum Gasteiger partial charge on any atom is -0.382 e. The number of nitrogen functional groups attached to an aromatic ring is 1. The molecule has 3 nitrogen and oxygen atoms in total. The number of anilines is 3. The average molecular weight is 307 g/mol. The molecular weight excluding hydrogens is 299 g/mol. The van der Waals surface area contributed by atoms with Crippen molar-refractivity contribution in [3.63, 3.8) is 0 Å². The summed E-state index contributed by atoms with van der Waals surface area (Å²) in [6.07, 6.45) is 0. The van der Waals surface area contributed by atoms with E-state index in [4.69, 9.17) is 40.5 Å². The van der Waals surface area contributed by atoms with Gasteiger partial charge >= 0.3 is 0 Å². The van der Waals surface area contributed by atoms with Crippen molar-refractivity contribution in [1.82, 2.24) is 4.98 Å². The summed E-state index contributed by atoms with van der Waals surface area (Å²) in [6.45, 7) is 0. The third-order valence-corrected chi connectivity index (χ3v) is 3.06. The summed E-state index contributed by atoms with van der Waals surface area (Å²) in [7, 11) is 0. The number of halogens is 4. The fourth-order valence-electron chi connectivity index (χ4n) is 1.29. The van der Waals surface area contributed by atoms with E-state index in [9.17, 15) is 4.39 Å². The summed E-state index contributed by atoms with van der Waals surface area (Å²) < 4.78 is 13.1. The molecule has 0 fully saturated rings. The van der Waals surface area contributed by atoms with Gasteiger partial charge < -0.3 is 11.1 Å². The molecule has 18 heavy (non-hydrogen) atoms. The van der Waals surface area contributed by atoms with E-state index in [2.05, 4.69) is 10.3 Å². The number of nitrogens with two attached hydrogens (primary N) is 1. The molecule has 0 amide bonds. The first-order valence-electron chi connectivity index (χ1n) is 4.81. The number of hydrogen-bond acceptors (Lipinski definition) is 3. The predicted molar refractivity (Wildman–Crippen MR) is 73.4 cm³/mol. The lowest BCUT2D eigenvalue weighted by Gasteiger charge is -2.10. The molecule has 0 aliphatic carbocycles. The van der Waals surface area contributed by atoms with Crippen LogP contribution in [-0.4, -0.2) is 4.98 Å². The summed E-state index contributed by atoms with van der Waals surface area (Å²) in [4.78, 5) is 3.96. The van der Waals surface area contributed by atoms with Crippen molar-refractivity contribution < 1.29 is 4.39 Å². The molecule has 0 saturated carbocycles. The van der Waals surface area contributed by atoms with Gasteiger partial charge in [-0.1, -0.05) is 34.8 Å². The Morgan fingerprint density at radius 3 is 2.50 bits per heavy atom. The molecule has 3 N–H and O–H groups in total. The maximum absolute atomic E-state index is 13.1. The SMILES string of the molecule is Nc1nc(Nc2cc(F)ccc2Cl)c(Cl)cc1Cl. The predicted octanol–water partition coefficient (Wildman–Crippen LogP) is 4.51. The monoisotopic (exact) mass is 305 g/mol. The fraction of sp³-hybridized carbons (Fsp3) is 0. The van der Waals surface area contributed by atoms with Crippen LogP contribution in [0.5, 0.6) is 0 Å². The Hall–Kier alpha value is -1.23. The van der Waals surface area contributed by atoms with Gasteiger partial charge in [0, 0.05) is 0 Å². The van der Waals surface area contributed by atoms with Crippen molar-refractivity contribution in [3.05, 3.63) is 45.2 Å². The second kappa shape index (κ2) is 5.18. The molecule has 0 unspecified atom stereocenters. The second-order valence-corrected chi connectivity index (χ2v) is 4.66. The van der Waals surface area contributed by atoms with Gasteiger partial charge in [-0.2, -0.15) is 0 Å². The highest BCUT2D eigenvalue weighted by Gasteiger charge is 2.09. The van der Waals surface area contributed by atoms with Crippen LogP contribution in [0, 0.1) is 5.82 Å². The zero-order valence-corrected chi connectivity index (χ0v) is 11.1. The number of aromatic nitrogens is 1. The van der Waals surface area contributed by atoms with Gasteiger partial charge in [-0.3, -0.25) is 0 Å². The van der Waals surface area contributed by atoms with Gasteiger partial charge in [0.15, 0.2) is 5.82 Å². The highest BCUT2D eigenvalue weighted by molar-refractivity contribution is 6.37. The zero-order valence-electron chi connectivity index (χ0n) is 8.85. The lowest BCUT2D eigenvalue weighted by Crippen LogP contribution is -1.99. The maximum Gasteiger partial charge on any atom is 0.151 e. The Morgan fingerprint density at radius 1 is 1.06 bits per heavy atom. The smallest absolute Gasteiger partial charge is 0.151 e. The molecule has 0 radical (unpaired) electrons. The standard InChI is InChI=1S/C11H7Cl3FN3/c12-6-2-1-5(15)3-9(6)17-11-8(14)4-7(13)10(16)18-11/h1-4H,(H3,16,17,18). The molecule has 94 valence electrons. The number of rotatable bonds is 2. The molecular formula is C11H7Cl3FN3. The number of nitrogens with zero attached hydrogens (tertiary/aromatic N) is 1. The number of nitrogens with one attached hydrogen (secondary N) is 1. The van der Waals surface area contributed by atoms with Gasteiger partial charge in [-0.25, -0.2) is 9.37 Å². The molecule has 1 aromatic carbocycles. The van der Waals surface area contributed by atoms with Gasteiger partial charge in [0.1, 0.15) is 11.6 Å². The highest BCUT2D eigenvalue weighted by atomic mass is 35.5. The van der Waals surface area contributed by atoms with E-state index in [0.29, 0.717) is 10.7 Å². The maximum atomic E-state index is 13.1.